The second kappa shape index (κ2) is 6.68. The molecule has 2 aromatic carbocycles. The number of hydrogen-bond acceptors (Lipinski definition) is 1. The number of nitriles is 1. The van der Waals surface area contributed by atoms with Gasteiger partial charge in [-0.05, 0) is 41.0 Å². The van der Waals surface area contributed by atoms with Crippen molar-refractivity contribution in [3.05, 3.63) is 93.0 Å². The molecule has 1 aliphatic carbocycles. The van der Waals surface area contributed by atoms with Gasteiger partial charge in [0.1, 0.15) is 6.07 Å². The molecule has 130 valence electrons. The monoisotopic (exact) mass is 391 g/mol. The average molecular weight is 392 g/mol. The maximum Gasteiger partial charge on any atom is 0.417 e. The Labute approximate surface area is 158 Å². The first-order chi connectivity index (χ1) is 12.2. The Morgan fingerprint density at radius 1 is 0.808 bits per heavy atom. The molecule has 6 heteroatoms. The summed E-state index contributed by atoms with van der Waals surface area (Å²) in [6.07, 6.45) is -4.66. The van der Waals surface area contributed by atoms with E-state index >= 15 is 0 Å². The van der Waals surface area contributed by atoms with Gasteiger partial charge in [-0.2, -0.15) is 18.4 Å². The van der Waals surface area contributed by atoms with Crippen molar-refractivity contribution in [1.29, 1.82) is 5.26 Å². The van der Waals surface area contributed by atoms with Gasteiger partial charge in [0.05, 0.1) is 11.1 Å². The first-order valence-corrected chi connectivity index (χ1v) is 8.17. The predicted octanol–water partition coefficient (Wildman–Crippen LogP) is 6.86. The van der Waals surface area contributed by atoms with Crippen LogP contribution in [-0.4, -0.2) is 6.18 Å². The lowest BCUT2D eigenvalue weighted by Crippen LogP contribution is -2.13. The smallest absolute Gasteiger partial charge is 0.192 e. The number of allylic oxidation sites excluding steroid dienone is 5. The fraction of sp³-hybridized carbons (Fsp3) is 0.0500. The Morgan fingerprint density at radius 3 is 1.62 bits per heavy atom. The van der Waals surface area contributed by atoms with Gasteiger partial charge in [0, 0.05) is 21.2 Å². The first-order valence-electron chi connectivity index (χ1n) is 7.41. The molecule has 3 rings (SSSR count). The van der Waals surface area contributed by atoms with Gasteiger partial charge < -0.3 is 0 Å². The van der Waals surface area contributed by atoms with Crippen LogP contribution in [0.15, 0.2) is 71.8 Å². The van der Waals surface area contributed by atoms with Gasteiger partial charge in [0.2, 0.25) is 0 Å². The highest BCUT2D eigenvalue weighted by atomic mass is 35.5. The van der Waals surface area contributed by atoms with E-state index in [9.17, 15) is 18.4 Å². The summed E-state index contributed by atoms with van der Waals surface area (Å²) in [6.45, 7) is 3.63. The maximum atomic E-state index is 13.8. The van der Waals surface area contributed by atoms with E-state index in [-0.39, 0.29) is 27.9 Å². The van der Waals surface area contributed by atoms with Crippen LogP contribution >= 0.6 is 23.2 Å². The largest absolute Gasteiger partial charge is 0.417 e. The van der Waals surface area contributed by atoms with Crippen LogP contribution in [0, 0.1) is 11.3 Å². The summed E-state index contributed by atoms with van der Waals surface area (Å²) in [6, 6.07) is 14.0. The van der Waals surface area contributed by atoms with Gasteiger partial charge in [0.15, 0.2) is 0 Å². The molecule has 0 spiro atoms. The van der Waals surface area contributed by atoms with Crippen molar-refractivity contribution in [2.75, 3.05) is 0 Å². The standard InChI is InChI=1S/C20H10Cl2F3N/c1-11-17(12-2-6-14(21)7-3-12)16(10-26)18(19(11)20(23,24)25)13-4-8-15(22)9-5-13/h2-9H,1H2. The summed E-state index contributed by atoms with van der Waals surface area (Å²) >= 11 is 11.7. The van der Waals surface area contributed by atoms with E-state index in [1.54, 1.807) is 24.3 Å². The fourth-order valence-corrected chi connectivity index (χ4v) is 3.19. The van der Waals surface area contributed by atoms with Crippen LogP contribution in [0.1, 0.15) is 11.1 Å². The zero-order chi connectivity index (χ0) is 19.1. The Bertz CT molecular complexity index is 989. The zero-order valence-corrected chi connectivity index (χ0v) is 14.7. The summed E-state index contributed by atoms with van der Waals surface area (Å²) in [5, 5.41) is 10.5. The number of rotatable bonds is 2. The minimum atomic E-state index is -4.66. The van der Waals surface area contributed by atoms with Crippen LogP contribution in [-0.2, 0) is 0 Å². The normalized spacial score (nSPS) is 14.8. The number of benzene rings is 2. The van der Waals surface area contributed by atoms with Crippen LogP contribution in [0.2, 0.25) is 10.0 Å². The third-order valence-corrected chi connectivity index (χ3v) is 4.52. The van der Waals surface area contributed by atoms with Crippen molar-refractivity contribution in [3.63, 3.8) is 0 Å². The second-order valence-electron chi connectivity index (χ2n) is 5.60. The lowest BCUT2D eigenvalue weighted by Gasteiger charge is -2.14. The Kier molecular flexibility index (Phi) is 4.70. The highest BCUT2D eigenvalue weighted by molar-refractivity contribution is 6.31. The molecule has 0 bridgehead atoms. The van der Waals surface area contributed by atoms with Crippen molar-refractivity contribution in [3.8, 4) is 6.07 Å². The third kappa shape index (κ3) is 3.16. The summed E-state index contributed by atoms with van der Waals surface area (Å²) in [5.41, 5.74) is -0.562. The molecule has 0 heterocycles. The van der Waals surface area contributed by atoms with Crippen molar-refractivity contribution in [1.82, 2.24) is 0 Å². The van der Waals surface area contributed by atoms with Gasteiger partial charge in [-0.15, -0.1) is 0 Å². The lowest BCUT2D eigenvalue weighted by molar-refractivity contribution is -0.0880. The molecule has 0 atom stereocenters. The predicted molar refractivity (Wildman–Crippen MR) is 97.6 cm³/mol. The Morgan fingerprint density at radius 2 is 1.23 bits per heavy atom. The molecule has 0 radical (unpaired) electrons. The molecule has 0 fully saturated rings. The van der Waals surface area contributed by atoms with Gasteiger partial charge in [0.25, 0.3) is 0 Å². The molecule has 1 nitrogen and oxygen atoms in total. The van der Waals surface area contributed by atoms with Crippen LogP contribution < -0.4 is 0 Å². The summed E-state index contributed by atoms with van der Waals surface area (Å²) in [5.74, 6) is 0. The van der Waals surface area contributed by atoms with Gasteiger partial charge >= 0.3 is 6.18 Å². The van der Waals surface area contributed by atoms with Crippen LogP contribution in [0.5, 0.6) is 0 Å². The SMILES string of the molecule is C=C1C(c2ccc(Cl)cc2)=C(C#N)C(c2ccc(Cl)cc2)=C1C(F)(F)F. The van der Waals surface area contributed by atoms with Crippen LogP contribution in [0.25, 0.3) is 11.1 Å². The molecule has 0 aromatic heterocycles. The highest BCUT2D eigenvalue weighted by Gasteiger charge is 2.44. The topological polar surface area (TPSA) is 23.8 Å². The average Bonchev–Trinajstić information content (AvgIpc) is 2.89. The van der Waals surface area contributed by atoms with Crippen molar-refractivity contribution >= 4 is 34.3 Å². The summed E-state index contributed by atoms with van der Waals surface area (Å²) in [4.78, 5) is 0. The molecular formula is C20H10Cl2F3N. The number of hydrogen-bond donors (Lipinski definition) is 0. The summed E-state index contributed by atoms with van der Waals surface area (Å²) in [7, 11) is 0. The van der Waals surface area contributed by atoms with E-state index in [0.29, 0.717) is 15.6 Å². The molecule has 0 saturated heterocycles. The molecule has 2 aromatic rings. The number of nitrogens with zero attached hydrogens (tertiary/aromatic N) is 1. The van der Waals surface area contributed by atoms with E-state index in [1.165, 1.54) is 24.3 Å². The van der Waals surface area contributed by atoms with Gasteiger partial charge in [-0.3, -0.25) is 0 Å². The highest BCUT2D eigenvalue weighted by Crippen LogP contribution is 2.51. The van der Waals surface area contributed by atoms with E-state index in [0.717, 1.165) is 0 Å². The third-order valence-electron chi connectivity index (χ3n) is 4.01. The molecule has 0 N–H and O–H groups in total. The first kappa shape index (κ1) is 18.3. The molecule has 0 unspecified atom stereocenters. The van der Waals surface area contributed by atoms with E-state index in [4.69, 9.17) is 23.2 Å². The van der Waals surface area contributed by atoms with Crippen LogP contribution in [0.3, 0.4) is 0 Å². The van der Waals surface area contributed by atoms with Crippen molar-refractivity contribution in [2.24, 2.45) is 0 Å². The maximum absolute atomic E-state index is 13.8. The summed E-state index contributed by atoms with van der Waals surface area (Å²) < 4.78 is 41.4. The molecule has 26 heavy (non-hydrogen) atoms. The second-order valence-corrected chi connectivity index (χ2v) is 6.47. The molecule has 0 amide bonds. The molecule has 1 aliphatic rings. The quantitative estimate of drug-likeness (QED) is 0.548. The molecule has 0 saturated carbocycles. The molecule has 0 aliphatic heterocycles. The van der Waals surface area contributed by atoms with Crippen LogP contribution in [0.4, 0.5) is 13.2 Å². The van der Waals surface area contributed by atoms with Crippen molar-refractivity contribution in [2.45, 2.75) is 6.18 Å². The molecular weight excluding hydrogens is 382 g/mol. The number of alkyl halides is 3. The Balaban J connectivity index is 2.30. The van der Waals surface area contributed by atoms with Gasteiger partial charge in [-0.25, -0.2) is 0 Å². The lowest BCUT2D eigenvalue weighted by atomic mass is 9.96. The van der Waals surface area contributed by atoms with Gasteiger partial charge in [-0.1, -0.05) is 54.0 Å². The number of halogens is 5. The fourth-order valence-electron chi connectivity index (χ4n) is 2.94. The Hall–Kier alpha value is -2.48. The van der Waals surface area contributed by atoms with E-state index in [1.807, 2.05) is 6.07 Å². The van der Waals surface area contributed by atoms with E-state index < -0.39 is 11.7 Å². The minimum Gasteiger partial charge on any atom is -0.192 e. The van der Waals surface area contributed by atoms with Crippen molar-refractivity contribution < 1.29 is 13.2 Å². The zero-order valence-electron chi connectivity index (χ0n) is 13.2. The van der Waals surface area contributed by atoms with E-state index in [2.05, 4.69) is 6.58 Å². The minimum absolute atomic E-state index is 0.0769.